The SMILES string of the molecule is COC(=O)[C@H]1C2CCC(CC2)[C@@H]1Nc1nc(Cl)nc2c1ccn2C. The Morgan fingerprint density at radius 3 is 2.71 bits per heavy atom. The molecule has 6 nitrogen and oxygen atoms in total. The van der Waals surface area contributed by atoms with Gasteiger partial charge in [0.2, 0.25) is 5.28 Å². The highest BCUT2D eigenvalue weighted by Gasteiger charge is 2.48. The molecule has 0 radical (unpaired) electrons. The van der Waals surface area contributed by atoms with Gasteiger partial charge in [0.15, 0.2) is 0 Å². The van der Waals surface area contributed by atoms with E-state index in [0.29, 0.717) is 17.7 Å². The molecule has 2 bridgehead atoms. The molecule has 2 atom stereocenters. The molecule has 3 saturated carbocycles. The molecule has 2 aromatic heterocycles. The standard InChI is InChI=1S/C17H21ClN4O2/c1-22-8-7-11-14(20-17(18)21-15(11)22)19-13-10-5-3-9(4-6-10)12(13)16(23)24-2/h7-10,12-13H,3-6H2,1-2H3,(H,19,20,21)/t9?,10?,12-,13-/m0/s1. The molecule has 2 heterocycles. The van der Waals surface area contributed by atoms with Gasteiger partial charge in [0, 0.05) is 19.3 Å². The lowest BCUT2D eigenvalue weighted by atomic mass is 9.61. The van der Waals surface area contributed by atoms with Crippen molar-refractivity contribution in [3.8, 4) is 0 Å². The molecular weight excluding hydrogens is 328 g/mol. The molecule has 3 aliphatic carbocycles. The fourth-order valence-electron chi connectivity index (χ4n) is 4.51. The van der Waals surface area contributed by atoms with E-state index < -0.39 is 0 Å². The Bertz CT molecular complexity index is 782. The fraction of sp³-hybridized carbons (Fsp3) is 0.588. The number of hydrogen-bond donors (Lipinski definition) is 1. The number of esters is 1. The van der Waals surface area contributed by atoms with Crippen LogP contribution in [-0.4, -0.2) is 33.7 Å². The molecule has 128 valence electrons. The van der Waals surface area contributed by atoms with Crippen LogP contribution >= 0.6 is 11.6 Å². The number of rotatable bonds is 3. The summed E-state index contributed by atoms with van der Waals surface area (Å²) in [5, 5.41) is 4.66. The maximum atomic E-state index is 12.4. The Morgan fingerprint density at radius 1 is 1.29 bits per heavy atom. The molecule has 0 saturated heterocycles. The largest absolute Gasteiger partial charge is 0.469 e. The number of ether oxygens (including phenoxy) is 1. The Morgan fingerprint density at radius 2 is 2.00 bits per heavy atom. The number of methoxy groups -OCH3 is 1. The number of nitrogens with zero attached hydrogens (tertiary/aromatic N) is 3. The van der Waals surface area contributed by atoms with Gasteiger partial charge < -0.3 is 14.6 Å². The average molecular weight is 349 g/mol. The second-order valence-corrected chi connectivity index (χ2v) is 7.24. The van der Waals surface area contributed by atoms with Gasteiger partial charge in [0.25, 0.3) is 0 Å². The third-order valence-corrected chi connectivity index (χ3v) is 5.86. The lowest BCUT2D eigenvalue weighted by Gasteiger charge is -2.47. The molecule has 5 rings (SSSR count). The van der Waals surface area contributed by atoms with Crippen LogP contribution in [0.2, 0.25) is 5.28 Å². The molecule has 2 aromatic rings. The first-order valence-corrected chi connectivity index (χ1v) is 8.79. The van der Waals surface area contributed by atoms with Crippen molar-refractivity contribution in [3.63, 3.8) is 0 Å². The number of carbonyl (C=O) groups excluding carboxylic acids is 1. The van der Waals surface area contributed by atoms with Gasteiger partial charge in [0.05, 0.1) is 18.4 Å². The first-order chi connectivity index (χ1) is 11.6. The summed E-state index contributed by atoms with van der Waals surface area (Å²) >= 11 is 6.11. The lowest BCUT2D eigenvalue weighted by molar-refractivity contribution is -0.152. The van der Waals surface area contributed by atoms with Crippen molar-refractivity contribution in [2.45, 2.75) is 31.7 Å². The lowest BCUT2D eigenvalue weighted by Crippen LogP contribution is -2.51. The molecule has 3 aliphatic rings. The zero-order valence-corrected chi connectivity index (χ0v) is 14.6. The van der Waals surface area contributed by atoms with E-state index >= 15 is 0 Å². The van der Waals surface area contributed by atoms with E-state index in [4.69, 9.17) is 16.3 Å². The molecular formula is C17H21ClN4O2. The summed E-state index contributed by atoms with van der Waals surface area (Å²) in [7, 11) is 3.40. The summed E-state index contributed by atoms with van der Waals surface area (Å²) in [4.78, 5) is 21.0. The van der Waals surface area contributed by atoms with Gasteiger partial charge in [-0.15, -0.1) is 0 Å². The molecule has 7 heteroatoms. The van der Waals surface area contributed by atoms with Crippen LogP contribution in [0.4, 0.5) is 5.82 Å². The van der Waals surface area contributed by atoms with Crippen LogP contribution in [0.15, 0.2) is 12.3 Å². The molecule has 1 N–H and O–H groups in total. The number of aromatic nitrogens is 3. The normalized spacial score (nSPS) is 29.0. The predicted octanol–water partition coefficient (Wildman–Crippen LogP) is 3.01. The van der Waals surface area contributed by atoms with Crippen molar-refractivity contribution in [2.75, 3.05) is 12.4 Å². The van der Waals surface area contributed by atoms with Crippen molar-refractivity contribution in [3.05, 3.63) is 17.5 Å². The monoisotopic (exact) mass is 348 g/mol. The van der Waals surface area contributed by atoms with Crippen LogP contribution in [0.25, 0.3) is 11.0 Å². The van der Waals surface area contributed by atoms with E-state index in [1.807, 2.05) is 23.9 Å². The van der Waals surface area contributed by atoms with E-state index in [-0.39, 0.29) is 23.2 Å². The van der Waals surface area contributed by atoms with Crippen LogP contribution in [-0.2, 0) is 16.6 Å². The van der Waals surface area contributed by atoms with Crippen molar-refractivity contribution >= 4 is 34.4 Å². The highest BCUT2D eigenvalue weighted by molar-refractivity contribution is 6.28. The second kappa shape index (κ2) is 5.92. The van der Waals surface area contributed by atoms with Crippen molar-refractivity contribution in [2.24, 2.45) is 24.8 Å². The number of fused-ring (bicyclic) bond motifs is 4. The number of hydrogen-bond acceptors (Lipinski definition) is 5. The maximum absolute atomic E-state index is 12.4. The summed E-state index contributed by atoms with van der Waals surface area (Å²) in [5.41, 5.74) is 0.785. The molecule has 0 spiro atoms. The summed E-state index contributed by atoms with van der Waals surface area (Å²) in [6.07, 6.45) is 6.44. The van der Waals surface area contributed by atoms with E-state index in [1.54, 1.807) is 0 Å². The average Bonchev–Trinajstić information content (AvgIpc) is 2.96. The Hall–Kier alpha value is -1.82. The van der Waals surface area contributed by atoms with Crippen molar-refractivity contribution < 1.29 is 9.53 Å². The van der Waals surface area contributed by atoms with Crippen molar-refractivity contribution in [1.82, 2.24) is 14.5 Å². The molecule has 3 fully saturated rings. The molecule has 0 aliphatic heterocycles. The number of anilines is 1. The second-order valence-electron chi connectivity index (χ2n) is 6.90. The van der Waals surface area contributed by atoms with E-state index in [2.05, 4.69) is 15.3 Å². The molecule has 0 unspecified atom stereocenters. The maximum Gasteiger partial charge on any atom is 0.311 e. The quantitative estimate of drug-likeness (QED) is 0.682. The van der Waals surface area contributed by atoms with Crippen LogP contribution in [0, 0.1) is 17.8 Å². The van der Waals surface area contributed by atoms with Crippen LogP contribution in [0.3, 0.4) is 0 Å². The van der Waals surface area contributed by atoms with Gasteiger partial charge in [-0.05, 0) is 55.2 Å². The Labute approximate surface area is 145 Å². The Balaban J connectivity index is 1.72. The topological polar surface area (TPSA) is 69.0 Å². The van der Waals surface area contributed by atoms with Gasteiger partial charge >= 0.3 is 5.97 Å². The minimum atomic E-state index is -0.119. The summed E-state index contributed by atoms with van der Waals surface area (Å²) in [6.45, 7) is 0. The predicted molar refractivity (Wildman–Crippen MR) is 91.9 cm³/mol. The molecule has 0 amide bonds. The number of halogens is 1. The summed E-state index contributed by atoms with van der Waals surface area (Å²) in [6, 6.07) is 2.02. The van der Waals surface area contributed by atoms with Crippen LogP contribution in [0.1, 0.15) is 25.7 Å². The van der Waals surface area contributed by atoms with Crippen LogP contribution < -0.4 is 5.32 Å². The van der Waals surface area contributed by atoms with E-state index in [1.165, 1.54) is 7.11 Å². The fourth-order valence-corrected chi connectivity index (χ4v) is 4.68. The molecule has 24 heavy (non-hydrogen) atoms. The zero-order valence-electron chi connectivity index (χ0n) is 13.8. The summed E-state index contributed by atoms with van der Waals surface area (Å²) in [5.74, 6) is 1.33. The van der Waals surface area contributed by atoms with Gasteiger partial charge in [-0.25, -0.2) is 4.98 Å². The highest BCUT2D eigenvalue weighted by Crippen LogP contribution is 2.47. The highest BCUT2D eigenvalue weighted by atomic mass is 35.5. The van der Waals surface area contributed by atoms with Gasteiger partial charge in [-0.3, -0.25) is 4.79 Å². The van der Waals surface area contributed by atoms with Gasteiger partial charge in [-0.1, -0.05) is 0 Å². The number of nitrogens with one attached hydrogen (secondary N) is 1. The minimum absolute atomic E-state index is 0.0410. The summed E-state index contributed by atoms with van der Waals surface area (Å²) < 4.78 is 7.00. The van der Waals surface area contributed by atoms with Crippen LogP contribution in [0.5, 0.6) is 0 Å². The molecule has 0 aromatic carbocycles. The third-order valence-electron chi connectivity index (χ3n) is 5.69. The van der Waals surface area contributed by atoms with Gasteiger partial charge in [0.1, 0.15) is 11.5 Å². The number of aryl methyl sites for hydroxylation is 1. The third kappa shape index (κ3) is 2.44. The smallest absolute Gasteiger partial charge is 0.311 e. The Kier molecular flexibility index (Phi) is 3.87. The van der Waals surface area contributed by atoms with Gasteiger partial charge in [-0.2, -0.15) is 4.98 Å². The zero-order chi connectivity index (χ0) is 16.8. The van der Waals surface area contributed by atoms with Crippen molar-refractivity contribution in [1.29, 1.82) is 0 Å². The first kappa shape index (κ1) is 15.7. The minimum Gasteiger partial charge on any atom is -0.469 e. The van der Waals surface area contributed by atoms with E-state index in [0.717, 1.165) is 36.7 Å². The first-order valence-electron chi connectivity index (χ1n) is 8.41. The number of carbonyl (C=O) groups is 1. The van der Waals surface area contributed by atoms with E-state index in [9.17, 15) is 4.79 Å².